The highest BCUT2D eigenvalue weighted by molar-refractivity contribution is 6.33. The van der Waals surface area contributed by atoms with Crippen molar-refractivity contribution in [2.75, 3.05) is 36.4 Å². The van der Waals surface area contributed by atoms with Crippen molar-refractivity contribution in [3.05, 3.63) is 40.7 Å². The molecular weight excluding hydrogens is 328 g/mol. The Kier molecular flexibility index (Phi) is 4.94. The molecule has 3 rings (SSSR count). The molecule has 7 heteroatoms. The van der Waals surface area contributed by atoms with E-state index >= 15 is 0 Å². The van der Waals surface area contributed by atoms with E-state index in [2.05, 4.69) is 15.4 Å². The second-order valence-corrected chi connectivity index (χ2v) is 6.18. The van der Waals surface area contributed by atoms with Gasteiger partial charge < -0.3 is 19.6 Å². The summed E-state index contributed by atoms with van der Waals surface area (Å²) in [6.45, 7) is 6.58. The Labute approximate surface area is 146 Å². The van der Waals surface area contributed by atoms with Crippen LogP contribution in [-0.2, 0) is 6.42 Å². The fourth-order valence-corrected chi connectivity index (χ4v) is 3.12. The van der Waals surface area contributed by atoms with Gasteiger partial charge in [-0.05, 0) is 19.1 Å². The second-order valence-electron chi connectivity index (χ2n) is 5.78. The number of halogens is 1. The lowest BCUT2D eigenvalue weighted by molar-refractivity contribution is 0.208. The van der Waals surface area contributed by atoms with Crippen LogP contribution in [-0.4, -0.2) is 42.3 Å². The summed E-state index contributed by atoms with van der Waals surface area (Å²) in [4.78, 5) is 16.5. The van der Waals surface area contributed by atoms with Crippen LogP contribution in [0, 0.1) is 6.92 Å². The number of anilines is 2. The van der Waals surface area contributed by atoms with Gasteiger partial charge in [0.25, 0.3) is 0 Å². The number of nitrogens with one attached hydrogen (secondary N) is 1. The van der Waals surface area contributed by atoms with Crippen LogP contribution in [0.15, 0.2) is 28.8 Å². The molecule has 0 aliphatic carbocycles. The molecule has 1 aromatic carbocycles. The summed E-state index contributed by atoms with van der Waals surface area (Å²) in [5.41, 5.74) is 2.41. The zero-order valence-electron chi connectivity index (χ0n) is 13.9. The SMILES string of the molecule is CCc1onc(C)c1NC(=O)N1CCN(c2ccccc2Cl)CC1. The number of urea groups is 1. The number of hydrogen-bond donors (Lipinski definition) is 1. The Morgan fingerprint density at radius 2 is 2.00 bits per heavy atom. The molecule has 0 atom stereocenters. The molecule has 6 nitrogen and oxygen atoms in total. The highest BCUT2D eigenvalue weighted by Crippen LogP contribution is 2.26. The van der Waals surface area contributed by atoms with Crippen LogP contribution < -0.4 is 10.2 Å². The number of piperazine rings is 1. The van der Waals surface area contributed by atoms with Crippen molar-refractivity contribution >= 4 is 29.0 Å². The van der Waals surface area contributed by atoms with Crippen LogP contribution in [0.2, 0.25) is 5.02 Å². The molecule has 1 aliphatic heterocycles. The smallest absolute Gasteiger partial charge is 0.322 e. The average molecular weight is 349 g/mol. The monoisotopic (exact) mass is 348 g/mol. The van der Waals surface area contributed by atoms with E-state index < -0.39 is 0 Å². The Morgan fingerprint density at radius 1 is 1.29 bits per heavy atom. The normalized spacial score (nSPS) is 14.8. The maximum atomic E-state index is 12.5. The molecule has 0 bridgehead atoms. The van der Waals surface area contributed by atoms with Gasteiger partial charge in [-0.15, -0.1) is 0 Å². The highest BCUT2D eigenvalue weighted by atomic mass is 35.5. The second kappa shape index (κ2) is 7.13. The molecule has 2 amide bonds. The van der Waals surface area contributed by atoms with Crippen molar-refractivity contribution in [1.29, 1.82) is 0 Å². The number of hydrogen-bond acceptors (Lipinski definition) is 4. The standard InChI is InChI=1S/C17H21ClN4O2/c1-3-15-16(12(2)20-24-15)19-17(23)22-10-8-21(9-11-22)14-7-5-4-6-13(14)18/h4-7H,3,8-11H2,1-2H3,(H,19,23). The first-order valence-corrected chi connectivity index (χ1v) is 8.48. The molecule has 128 valence electrons. The molecule has 1 aliphatic rings. The number of para-hydroxylation sites is 1. The van der Waals surface area contributed by atoms with Crippen molar-refractivity contribution in [3.63, 3.8) is 0 Å². The summed E-state index contributed by atoms with van der Waals surface area (Å²) in [6, 6.07) is 7.67. The van der Waals surface area contributed by atoms with Gasteiger partial charge in [-0.2, -0.15) is 0 Å². The molecule has 0 unspecified atom stereocenters. The zero-order chi connectivity index (χ0) is 17.1. The van der Waals surface area contributed by atoms with Gasteiger partial charge >= 0.3 is 6.03 Å². The Hall–Kier alpha value is -2.21. The summed E-state index contributed by atoms with van der Waals surface area (Å²) in [6.07, 6.45) is 0.691. The third kappa shape index (κ3) is 3.33. The summed E-state index contributed by atoms with van der Waals surface area (Å²) >= 11 is 6.25. The largest absolute Gasteiger partial charge is 0.367 e. The predicted molar refractivity (Wildman–Crippen MR) is 94.9 cm³/mol. The number of aromatic nitrogens is 1. The zero-order valence-corrected chi connectivity index (χ0v) is 14.6. The Bertz CT molecular complexity index is 723. The van der Waals surface area contributed by atoms with Gasteiger partial charge in [0, 0.05) is 32.6 Å². The number of amides is 2. The molecule has 0 saturated carbocycles. The number of aryl methyl sites for hydroxylation is 2. The van der Waals surface area contributed by atoms with Gasteiger partial charge in [0.2, 0.25) is 0 Å². The first kappa shape index (κ1) is 16.6. The van der Waals surface area contributed by atoms with Crippen molar-refractivity contribution in [2.45, 2.75) is 20.3 Å². The van der Waals surface area contributed by atoms with E-state index in [4.69, 9.17) is 16.1 Å². The van der Waals surface area contributed by atoms with Gasteiger partial charge in [-0.3, -0.25) is 0 Å². The van der Waals surface area contributed by atoms with Crippen molar-refractivity contribution in [1.82, 2.24) is 10.1 Å². The molecule has 2 heterocycles. The predicted octanol–water partition coefficient (Wildman–Crippen LogP) is 3.55. The van der Waals surface area contributed by atoms with Crippen LogP contribution in [0.25, 0.3) is 0 Å². The van der Waals surface area contributed by atoms with Gasteiger partial charge in [0.1, 0.15) is 11.4 Å². The Balaban J connectivity index is 1.61. The van der Waals surface area contributed by atoms with E-state index in [1.807, 2.05) is 38.1 Å². The lowest BCUT2D eigenvalue weighted by Gasteiger charge is -2.36. The van der Waals surface area contributed by atoms with Crippen LogP contribution in [0.4, 0.5) is 16.2 Å². The quantitative estimate of drug-likeness (QED) is 0.921. The van der Waals surface area contributed by atoms with Crippen LogP contribution >= 0.6 is 11.6 Å². The third-order valence-corrected chi connectivity index (χ3v) is 4.57. The number of carbonyl (C=O) groups is 1. The number of carbonyl (C=O) groups excluding carboxylic acids is 1. The first-order valence-electron chi connectivity index (χ1n) is 8.10. The number of nitrogens with zero attached hydrogens (tertiary/aromatic N) is 3. The molecule has 1 aromatic heterocycles. The maximum Gasteiger partial charge on any atom is 0.322 e. The highest BCUT2D eigenvalue weighted by Gasteiger charge is 2.24. The lowest BCUT2D eigenvalue weighted by atomic mass is 10.2. The van der Waals surface area contributed by atoms with Crippen LogP contribution in [0.3, 0.4) is 0 Å². The number of rotatable bonds is 3. The minimum Gasteiger partial charge on any atom is -0.367 e. The molecule has 1 saturated heterocycles. The van der Waals surface area contributed by atoms with E-state index in [9.17, 15) is 4.79 Å². The molecule has 1 fully saturated rings. The molecule has 2 aromatic rings. The first-order chi connectivity index (χ1) is 11.6. The van der Waals surface area contributed by atoms with Gasteiger partial charge in [-0.1, -0.05) is 35.8 Å². The van der Waals surface area contributed by atoms with E-state index in [0.29, 0.717) is 36.7 Å². The van der Waals surface area contributed by atoms with Crippen molar-refractivity contribution < 1.29 is 9.32 Å². The minimum atomic E-state index is -0.116. The third-order valence-electron chi connectivity index (χ3n) is 4.25. The summed E-state index contributed by atoms with van der Waals surface area (Å²) < 4.78 is 5.21. The fraction of sp³-hybridized carbons (Fsp3) is 0.412. The Morgan fingerprint density at radius 3 is 2.67 bits per heavy atom. The molecule has 0 radical (unpaired) electrons. The van der Waals surface area contributed by atoms with E-state index in [-0.39, 0.29) is 6.03 Å². The molecular formula is C17H21ClN4O2. The van der Waals surface area contributed by atoms with Gasteiger partial charge in [-0.25, -0.2) is 4.79 Å². The average Bonchev–Trinajstić information content (AvgIpc) is 2.95. The van der Waals surface area contributed by atoms with Crippen molar-refractivity contribution in [3.8, 4) is 0 Å². The van der Waals surface area contributed by atoms with E-state index in [1.165, 1.54) is 0 Å². The molecule has 1 N–H and O–H groups in total. The van der Waals surface area contributed by atoms with Gasteiger partial charge in [0.15, 0.2) is 5.76 Å². The summed E-state index contributed by atoms with van der Waals surface area (Å²) in [5, 5.41) is 7.59. The lowest BCUT2D eigenvalue weighted by Crippen LogP contribution is -2.50. The minimum absolute atomic E-state index is 0.116. The molecule has 0 spiro atoms. The van der Waals surface area contributed by atoms with E-state index in [1.54, 1.807) is 4.90 Å². The van der Waals surface area contributed by atoms with Crippen LogP contribution in [0.1, 0.15) is 18.4 Å². The van der Waals surface area contributed by atoms with Crippen LogP contribution in [0.5, 0.6) is 0 Å². The maximum absolute atomic E-state index is 12.5. The van der Waals surface area contributed by atoms with Gasteiger partial charge in [0.05, 0.1) is 10.7 Å². The van der Waals surface area contributed by atoms with Crippen molar-refractivity contribution in [2.24, 2.45) is 0 Å². The number of benzene rings is 1. The summed E-state index contributed by atoms with van der Waals surface area (Å²) in [5.74, 6) is 0.704. The van der Waals surface area contributed by atoms with E-state index in [0.717, 1.165) is 23.8 Å². The fourth-order valence-electron chi connectivity index (χ4n) is 2.86. The summed E-state index contributed by atoms with van der Waals surface area (Å²) in [7, 11) is 0. The topological polar surface area (TPSA) is 61.6 Å². The molecule has 24 heavy (non-hydrogen) atoms.